The van der Waals surface area contributed by atoms with E-state index in [4.69, 9.17) is 14.2 Å². The maximum absolute atomic E-state index is 12.8. The van der Waals surface area contributed by atoms with Crippen LogP contribution in [0.5, 0.6) is 17.2 Å². The fourth-order valence-corrected chi connectivity index (χ4v) is 4.26. The standard InChI is InChI=1S/C25H28N2O6S/c1-5-22(33-23-9-7-6-8-17(23)2)25(28)26-18-10-13-20(14-11-18)34(29,30)27-21-15-12-19(31-3)16-24(21)32-4/h6-16,22,27H,5H2,1-4H3,(H,26,28)/t22-/m0/s1. The van der Waals surface area contributed by atoms with Crippen LogP contribution in [0.1, 0.15) is 18.9 Å². The van der Waals surface area contributed by atoms with Crippen molar-refractivity contribution in [2.75, 3.05) is 24.3 Å². The van der Waals surface area contributed by atoms with E-state index in [0.29, 0.717) is 29.4 Å². The Labute approximate surface area is 199 Å². The van der Waals surface area contributed by atoms with Gasteiger partial charge in [-0.25, -0.2) is 8.42 Å². The zero-order valence-electron chi connectivity index (χ0n) is 19.5. The van der Waals surface area contributed by atoms with Gasteiger partial charge >= 0.3 is 0 Å². The minimum Gasteiger partial charge on any atom is -0.497 e. The molecule has 0 aliphatic rings. The highest BCUT2D eigenvalue weighted by Gasteiger charge is 2.21. The monoisotopic (exact) mass is 484 g/mol. The number of nitrogens with one attached hydrogen (secondary N) is 2. The van der Waals surface area contributed by atoms with Crippen molar-refractivity contribution in [1.29, 1.82) is 0 Å². The lowest BCUT2D eigenvalue weighted by Gasteiger charge is -2.18. The molecule has 1 amide bonds. The Morgan fingerprint density at radius 2 is 1.65 bits per heavy atom. The molecule has 0 aliphatic heterocycles. The van der Waals surface area contributed by atoms with Crippen LogP contribution in [0.15, 0.2) is 71.6 Å². The van der Waals surface area contributed by atoms with Gasteiger partial charge in [-0.15, -0.1) is 0 Å². The van der Waals surface area contributed by atoms with Crippen molar-refractivity contribution in [3.8, 4) is 17.2 Å². The summed E-state index contributed by atoms with van der Waals surface area (Å²) in [6.45, 7) is 3.77. The molecule has 8 nitrogen and oxygen atoms in total. The first-order chi connectivity index (χ1) is 16.3. The molecule has 2 N–H and O–H groups in total. The molecule has 0 heterocycles. The SMILES string of the molecule is CC[C@H](Oc1ccccc1C)C(=O)Nc1ccc(S(=O)(=O)Nc2ccc(OC)cc2OC)cc1. The number of para-hydroxylation sites is 1. The van der Waals surface area contributed by atoms with E-state index >= 15 is 0 Å². The van der Waals surface area contributed by atoms with E-state index in [-0.39, 0.29) is 16.5 Å². The van der Waals surface area contributed by atoms with Gasteiger partial charge in [0.05, 0.1) is 24.8 Å². The summed E-state index contributed by atoms with van der Waals surface area (Å²) in [6.07, 6.45) is -0.214. The predicted molar refractivity (Wildman–Crippen MR) is 131 cm³/mol. The van der Waals surface area contributed by atoms with Crippen LogP contribution in [0.2, 0.25) is 0 Å². The number of methoxy groups -OCH3 is 2. The normalized spacial score (nSPS) is 11.9. The molecule has 3 rings (SSSR count). The molecule has 3 aromatic carbocycles. The number of rotatable bonds is 10. The van der Waals surface area contributed by atoms with Gasteiger partial charge in [0, 0.05) is 11.8 Å². The molecule has 0 aliphatic carbocycles. The second-order valence-corrected chi connectivity index (χ2v) is 9.15. The van der Waals surface area contributed by atoms with Gasteiger partial charge < -0.3 is 19.5 Å². The predicted octanol–water partition coefficient (Wildman–Crippen LogP) is 4.61. The van der Waals surface area contributed by atoms with Gasteiger partial charge in [-0.3, -0.25) is 9.52 Å². The zero-order valence-corrected chi connectivity index (χ0v) is 20.3. The third-order valence-corrected chi connectivity index (χ3v) is 6.49. The number of anilines is 2. The van der Waals surface area contributed by atoms with Crippen LogP contribution in [0.3, 0.4) is 0 Å². The van der Waals surface area contributed by atoms with Crippen LogP contribution in [-0.2, 0) is 14.8 Å². The molecule has 0 saturated carbocycles. The Bertz CT molecular complexity index is 1240. The highest BCUT2D eigenvalue weighted by Crippen LogP contribution is 2.31. The van der Waals surface area contributed by atoms with Crippen LogP contribution >= 0.6 is 0 Å². The number of carbonyl (C=O) groups excluding carboxylic acids is 1. The second-order valence-electron chi connectivity index (χ2n) is 7.47. The van der Waals surface area contributed by atoms with E-state index in [1.165, 1.54) is 38.5 Å². The second kappa shape index (κ2) is 10.9. The van der Waals surface area contributed by atoms with Crippen LogP contribution in [0, 0.1) is 6.92 Å². The number of ether oxygens (including phenoxy) is 3. The number of carbonyl (C=O) groups is 1. The lowest BCUT2D eigenvalue weighted by molar-refractivity contribution is -0.122. The lowest BCUT2D eigenvalue weighted by atomic mass is 10.2. The van der Waals surface area contributed by atoms with Gasteiger partial charge in [0.15, 0.2) is 6.10 Å². The zero-order chi connectivity index (χ0) is 24.7. The van der Waals surface area contributed by atoms with Crippen LogP contribution in [0.4, 0.5) is 11.4 Å². The summed E-state index contributed by atoms with van der Waals surface area (Å²) in [5.74, 6) is 1.19. The van der Waals surface area contributed by atoms with E-state index in [9.17, 15) is 13.2 Å². The van der Waals surface area contributed by atoms with E-state index in [1.807, 2.05) is 38.1 Å². The molecule has 0 radical (unpaired) electrons. The number of hydrogen-bond donors (Lipinski definition) is 2. The average Bonchev–Trinajstić information content (AvgIpc) is 2.83. The quantitative estimate of drug-likeness (QED) is 0.436. The molecule has 0 spiro atoms. The first-order valence-electron chi connectivity index (χ1n) is 10.7. The third kappa shape index (κ3) is 5.99. The fourth-order valence-electron chi connectivity index (χ4n) is 3.19. The smallest absolute Gasteiger partial charge is 0.265 e. The molecule has 0 saturated heterocycles. The van der Waals surface area contributed by atoms with Crippen molar-refractivity contribution in [2.45, 2.75) is 31.3 Å². The summed E-state index contributed by atoms with van der Waals surface area (Å²) in [4.78, 5) is 12.7. The largest absolute Gasteiger partial charge is 0.497 e. The van der Waals surface area contributed by atoms with Gasteiger partial charge in [0.25, 0.3) is 15.9 Å². The molecule has 0 bridgehead atoms. The molecule has 0 aromatic heterocycles. The van der Waals surface area contributed by atoms with Crippen LogP contribution in [0.25, 0.3) is 0 Å². The summed E-state index contributed by atoms with van der Waals surface area (Å²) in [6, 6.07) is 18.1. The first-order valence-corrected chi connectivity index (χ1v) is 12.1. The van der Waals surface area contributed by atoms with Crippen molar-refractivity contribution in [3.05, 3.63) is 72.3 Å². The van der Waals surface area contributed by atoms with Crippen molar-refractivity contribution < 1.29 is 27.4 Å². The molecule has 1 atom stereocenters. The summed E-state index contributed by atoms with van der Waals surface area (Å²) >= 11 is 0. The van der Waals surface area contributed by atoms with E-state index in [2.05, 4.69) is 10.0 Å². The average molecular weight is 485 g/mol. The number of sulfonamides is 1. The van der Waals surface area contributed by atoms with E-state index in [1.54, 1.807) is 18.2 Å². The Morgan fingerprint density at radius 1 is 0.941 bits per heavy atom. The Balaban J connectivity index is 1.70. The Hall–Kier alpha value is -3.72. The number of benzene rings is 3. The summed E-state index contributed by atoms with van der Waals surface area (Å²) in [5, 5.41) is 2.78. The van der Waals surface area contributed by atoms with Gasteiger partial charge in [-0.05, 0) is 61.4 Å². The van der Waals surface area contributed by atoms with Gasteiger partial charge in [0.2, 0.25) is 0 Å². The number of aryl methyl sites for hydroxylation is 1. The Kier molecular flexibility index (Phi) is 8.01. The van der Waals surface area contributed by atoms with Gasteiger partial charge in [-0.2, -0.15) is 0 Å². The van der Waals surface area contributed by atoms with Crippen LogP contribution in [-0.4, -0.2) is 34.6 Å². The van der Waals surface area contributed by atoms with Crippen molar-refractivity contribution in [1.82, 2.24) is 0 Å². The molecule has 34 heavy (non-hydrogen) atoms. The molecule has 9 heteroatoms. The number of hydrogen-bond acceptors (Lipinski definition) is 6. The minimum atomic E-state index is -3.89. The van der Waals surface area contributed by atoms with E-state index < -0.39 is 16.1 Å². The topological polar surface area (TPSA) is 103 Å². The van der Waals surface area contributed by atoms with Gasteiger partial charge in [-0.1, -0.05) is 25.1 Å². The van der Waals surface area contributed by atoms with Crippen molar-refractivity contribution in [3.63, 3.8) is 0 Å². The molecule has 3 aromatic rings. The van der Waals surface area contributed by atoms with Crippen LogP contribution < -0.4 is 24.2 Å². The molecular weight excluding hydrogens is 456 g/mol. The fraction of sp³-hybridized carbons (Fsp3) is 0.240. The van der Waals surface area contributed by atoms with Gasteiger partial charge in [0.1, 0.15) is 17.2 Å². The molecular formula is C25H28N2O6S. The Morgan fingerprint density at radius 3 is 2.26 bits per heavy atom. The third-order valence-electron chi connectivity index (χ3n) is 5.11. The maximum Gasteiger partial charge on any atom is 0.265 e. The van der Waals surface area contributed by atoms with E-state index in [0.717, 1.165) is 5.56 Å². The number of amides is 1. The molecule has 0 unspecified atom stereocenters. The minimum absolute atomic E-state index is 0.0339. The lowest BCUT2D eigenvalue weighted by Crippen LogP contribution is -2.32. The van der Waals surface area contributed by atoms with Crippen molar-refractivity contribution >= 4 is 27.3 Å². The molecule has 0 fully saturated rings. The highest BCUT2D eigenvalue weighted by atomic mass is 32.2. The van der Waals surface area contributed by atoms with Crippen molar-refractivity contribution in [2.24, 2.45) is 0 Å². The first kappa shape index (κ1) is 24.9. The summed E-state index contributed by atoms with van der Waals surface area (Å²) < 4.78 is 44.4. The summed E-state index contributed by atoms with van der Waals surface area (Å²) in [5.41, 5.74) is 1.67. The maximum atomic E-state index is 12.8. The molecule has 180 valence electrons. The highest BCUT2D eigenvalue weighted by molar-refractivity contribution is 7.92. The summed E-state index contributed by atoms with van der Waals surface area (Å²) in [7, 11) is -0.934.